The molecule has 2 nitrogen and oxygen atoms in total. The van der Waals surface area contributed by atoms with Crippen LogP contribution < -0.4 is 19.9 Å². The van der Waals surface area contributed by atoms with Gasteiger partial charge in [-0.05, 0) is 85.1 Å². The van der Waals surface area contributed by atoms with E-state index >= 15 is 0 Å². The zero-order valence-corrected chi connectivity index (χ0v) is 32.4. The summed E-state index contributed by atoms with van der Waals surface area (Å²) in [5.74, 6) is 1.84. The lowest BCUT2D eigenvalue weighted by Crippen LogP contribution is -2.43. The molecule has 0 saturated carbocycles. The average Bonchev–Trinajstić information content (AvgIpc) is 3.29. The number of allylic oxidation sites excluding steroid dienone is 4. The summed E-state index contributed by atoms with van der Waals surface area (Å²) in [6.07, 6.45) is 6.91. The van der Waals surface area contributed by atoms with Crippen LogP contribution in [0.1, 0.15) is 113 Å². The van der Waals surface area contributed by atoms with Crippen molar-refractivity contribution < 1.29 is 9.47 Å². The van der Waals surface area contributed by atoms with E-state index < -0.39 is 8.80 Å². The molecule has 0 heterocycles. The van der Waals surface area contributed by atoms with Crippen LogP contribution in [0.3, 0.4) is 0 Å². The number of hydrogen-bond donors (Lipinski definition) is 0. The van der Waals surface area contributed by atoms with Gasteiger partial charge in [0, 0.05) is 30.9 Å². The monoisotopic (exact) mass is 636 g/mol. The molecule has 1 atom stereocenters. The van der Waals surface area contributed by atoms with Crippen molar-refractivity contribution in [3.05, 3.63) is 92.9 Å². The van der Waals surface area contributed by atoms with Crippen LogP contribution in [-0.2, 0) is 10.8 Å². The maximum atomic E-state index is 6.72. The van der Waals surface area contributed by atoms with Crippen LogP contribution >= 0.6 is 0 Å². The van der Waals surface area contributed by atoms with Gasteiger partial charge < -0.3 is 9.47 Å². The van der Waals surface area contributed by atoms with Gasteiger partial charge in [0.2, 0.25) is 0 Å². The molecule has 0 N–H and O–H groups in total. The molecule has 2 aromatic rings. The molecule has 0 fully saturated rings. The van der Waals surface area contributed by atoms with Gasteiger partial charge in [-0.1, -0.05) is 132 Å². The van der Waals surface area contributed by atoms with Gasteiger partial charge >= 0.3 is 0 Å². The Hall–Kier alpha value is -2.78. The van der Waals surface area contributed by atoms with Crippen molar-refractivity contribution in [3.63, 3.8) is 0 Å². The molecule has 0 bridgehead atoms. The molecule has 0 saturated heterocycles. The summed E-state index contributed by atoms with van der Waals surface area (Å²) in [6, 6.07) is 14.5. The number of rotatable bonds is 8. The van der Waals surface area contributed by atoms with Crippen molar-refractivity contribution in [1.82, 2.24) is 0 Å². The zero-order chi connectivity index (χ0) is 34.0. The first-order valence-electron chi connectivity index (χ1n) is 17.7. The molecule has 1 unspecified atom stereocenters. The molecule has 3 aliphatic carbocycles. The number of methoxy groups -OCH3 is 1. The van der Waals surface area contributed by atoms with E-state index in [9.17, 15) is 0 Å². The van der Waals surface area contributed by atoms with Crippen molar-refractivity contribution >= 4 is 19.9 Å². The first-order chi connectivity index (χ1) is 21.4. The normalized spacial score (nSPS) is 20.3. The van der Waals surface area contributed by atoms with E-state index in [1.54, 1.807) is 29.4 Å². The van der Waals surface area contributed by atoms with Gasteiger partial charge in [0.1, 0.15) is 18.1 Å². The molecule has 3 heteroatoms. The summed E-state index contributed by atoms with van der Waals surface area (Å²) in [4.78, 5) is 0. The van der Waals surface area contributed by atoms with Gasteiger partial charge in [-0.15, -0.1) is 0 Å². The van der Waals surface area contributed by atoms with Crippen LogP contribution in [0.4, 0.5) is 0 Å². The molecule has 0 amide bonds. The van der Waals surface area contributed by atoms with E-state index in [0.29, 0.717) is 12.1 Å². The third-order valence-corrected chi connectivity index (χ3v) is 14.8. The summed E-state index contributed by atoms with van der Waals surface area (Å²) in [6.45, 7) is 33.1. The second-order valence-electron chi connectivity index (χ2n) is 17.3. The Morgan fingerprint density at radius 2 is 1.59 bits per heavy atom. The standard InChI is InChI=1S/C43H60O2Si/c1-15-22-45-38-32(24-28(44-14)25-34(38)41(7,8)9)36-31-23-27(40(4,5)6)18-19-29(31)35-37(43(36,12)13)30-20-21-42(10,11)26-33(30)39(35)46(16-2)17-3/h15,18-19,23-26,39,46H,1,16-17,20-22H2,2-14H3. The third kappa shape index (κ3) is 5.80. The summed E-state index contributed by atoms with van der Waals surface area (Å²) < 4.78 is 12.8. The van der Waals surface area contributed by atoms with Gasteiger partial charge in [0.05, 0.1) is 7.11 Å². The fourth-order valence-electron chi connectivity index (χ4n) is 8.61. The fourth-order valence-corrected chi connectivity index (χ4v) is 11.8. The predicted octanol–water partition coefficient (Wildman–Crippen LogP) is 9.94. The van der Waals surface area contributed by atoms with Crippen LogP contribution in [0.25, 0.3) is 11.1 Å². The average molecular weight is 637 g/mol. The van der Waals surface area contributed by atoms with Crippen molar-refractivity contribution in [2.75, 3.05) is 13.7 Å². The minimum absolute atomic E-state index is 0.0283. The van der Waals surface area contributed by atoms with E-state index in [4.69, 9.17) is 9.47 Å². The quantitative estimate of drug-likeness (QED) is 0.212. The highest BCUT2D eigenvalue weighted by Gasteiger charge is 2.49. The van der Waals surface area contributed by atoms with Crippen LogP contribution in [0, 0.1) is 10.8 Å². The Labute approximate surface area is 282 Å². The van der Waals surface area contributed by atoms with Gasteiger partial charge in [-0.3, -0.25) is 0 Å². The minimum atomic E-state index is -1.13. The number of benzene rings is 2. The fraction of sp³-hybridized carbons (Fsp3) is 0.535. The Kier molecular flexibility index (Phi) is 9.03. The van der Waals surface area contributed by atoms with Crippen LogP contribution in [-0.4, -0.2) is 22.5 Å². The summed E-state index contributed by atoms with van der Waals surface area (Å²) in [5.41, 5.74) is 12.0. The molecule has 0 radical (unpaired) electrons. The molecule has 0 aromatic heterocycles. The summed E-state index contributed by atoms with van der Waals surface area (Å²) in [7, 11) is 0.660. The van der Waals surface area contributed by atoms with E-state index in [2.05, 4.69) is 126 Å². The second-order valence-corrected chi connectivity index (χ2v) is 21.1. The van der Waals surface area contributed by atoms with Crippen molar-refractivity contribution in [2.24, 2.45) is 10.8 Å². The minimum Gasteiger partial charge on any atom is -0.497 e. The van der Waals surface area contributed by atoms with Gasteiger partial charge in [-0.25, -0.2) is 0 Å². The molecular weight excluding hydrogens is 577 g/mol. The number of ether oxygens (including phenoxy) is 2. The van der Waals surface area contributed by atoms with Crippen LogP contribution in [0.5, 0.6) is 11.5 Å². The first kappa shape index (κ1) is 34.5. The maximum absolute atomic E-state index is 6.72. The zero-order valence-electron chi connectivity index (χ0n) is 31.3. The molecule has 46 heavy (non-hydrogen) atoms. The lowest BCUT2D eigenvalue weighted by atomic mass is 9.66. The highest BCUT2D eigenvalue weighted by atomic mass is 28.3. The third-order valence-electron chi connectivity index (χ3n) is 11.1. The lowest BCUT2D eigenvalue weighted by Gasteiger charge is -2.39. The van der Waals surface area contributed by atoms with Gasteiger partial charge in [0.15, 0.2) is 0 Å². The maximum Gasteiger partial charge on any atom is 0.131 e. The van der Waals surface area contributed by atoms with Crippen molar-refractivity contribution in [3.8, 4) is 11.5 Å². The van der Waals surface area contributed by atoms with E-state index in [0.717, 1.165) is 23.5 Å². The highest BCUT2D eigenvalue weighted by Crippen LogP contribution is 2.62. The van der Waals surface area contributed by atoms with Gasteiger partial charge in [0.25, 0.3) is 0 Å². The summed E-state index contributed by atoms with van der Waals surface area (Å²) in [5, 5.41) is 2.81. The van der Waals surface area contributed by atoms with Crippen molar-refractivity contribution in [1.29, 1.82) is 0 Å². The molecule has 0 aliphatic heterocycles. The highest BCUT2D eigenvalue weighted by molar-refractivity contribution is 6.64. The SMILES string of the molecule is C=CCOc1c(C2=c3cc(C(C)(C)C)ccc3=C3C(=C4CCC(C)(C)C=C4C3[SiH](CC)CC)C2(C)C)cc(OC)cc1C(C)(C)C. The van der Waals surface area contributed by atoms with Crippen LogP contribution in [0.2, 0.25) is 17.6 Å². The Bertz CT molecular complexity index is 1730. The predicted molar refractivity (Wildman–Crippen MR) is 201 cm³/mol. The van der Waals surface area contributed by atoms with E-state index in [-0.39, 0.29) is 21.7 Å². The molecule has 248 valence electrons. The van der Waals surface area contributed by atoms with Crippen LogP contribution in [0.15, 0.2) is 65.8 Å². The Morgan fingerprint density at radius 3 is 2.15 bits per heavy atom. The van der Waals surface area contributed by atoms with Crippen molar-refractivity contribution in [2.45, 2.75) is 124 Å². The number of hydrogen-bond acceptors (Lipinski definition) is 2. The van der Waals surface area contributed by atoms with Gasteiger partial charge in [-0.2, -0.15) is 0 Å². The Balaban J connectivity index is 2.06. The topological polar surface area (TPSA) is 18.5 Å². The Morgan fingerprint density at radius 1 is 0.913 bits per heavy atom. The molecule has 3 aliphatic rings. The summed E-state index contributed by atoms with van der Waals surface area (Å²) >= 11 is 0. The molecule has 0 spiro atoms. The second kappa shape index (κ2) is 12.0. The largest absolute Gasteiger partial charge is 0.497 e. The van der Waals surface area contributed by atoms with E-state index in [1.165, 1.54) is 45.6 Å². The van der Waals surface area contributed by atoms with E-state index in [1.807, 2.05) is 6.08 Å². The molecular formula is C43H60O2Si. The molecule has 2 aromatic carbocycles. The number of fused-ring (bicyclic) bond motifs is 3. The first-order valence-corrected chi connectivity index (χ1v) is 20.0. The smallest absolute Gasteiger partial charge is 0.131 e. The lowest BCUT2D eigenvalue weighted by molar-refractivity contribution is 0.346. The molecule has 5 rings (SSSR count).